The average molecular weight is 442 g/mol. The zero-order valence-corrected chi connectivity index (χ0v) is 18.3. The molecule has 3 heterocycles. The number of carbonyl (C=O) groups excluding carboxylic acids is 3. The first-order chi connectivity index (χ1) is 15.3. The molecule has 2 aliphatic heterocycles. The Balaban J connectivity index is 1.45. The van der Waals surface area contributed by atoms with Gasteiger partial charge in [-0.1, -0.05) is 0 Å². The van der Waals surface area contributed by atoms with E-state index in [0.717, 1.165) is 11.3 Å². The van der Waals surface area contributed by atoms with Gasteiger partial charge >= 0.3 is 0 Å². The Kier molecular flexibility index (Phi) is 6.11. The smallest absolute Gasteiger partial charge is 0.242 e. The number of carbonyl (C=O) groups is 3. The standard InChI is InChI=1S/C22H27FN6O3/c1-15(30)24-11-20(31)29-13-16-12-26(2)25-21(16)19(14-29)22(32)28-9-7-27(8-10-28)18-5-3-17(23)4-6-18/h3-6,12,19H,7-11,13-14H2,1-2H3,(H,24,30). The molecule has 2 aromatic rings. The number of benzene rings is 1. The number of nitrogens with zero attached hydrogens (tertiary/aromatic N) is 5. The summed E-state index contributed by atoms with van der Waals surface area (Å²) in [6.45, 7) is 4.23. The SMILES string of the molecule is CC(=O)NCC(=O)N1Cc2cn(C)nc2C(C(=O)N2CCN(c3ccc(F)cc3)CC2)C1. The Morgan fingerprint density at radius 1 is 1.09 bits per heavy atom. The summed E-state index contributed by atoms with van der Waals surface area (Å²) in [6, 6.07) is 6.35. The molecule has 9 nitrogen and oxygen atoms in total. The molecule has 1 aromatic heterocycles. The topological polar surface area (TPSA) is 90.8 Å². The lowest BCUT2D eigenvalue weighted by Crippen LogP contribution is -2.52. The van der Waals surface area contributed by atoms with Crippen LogP contribution in [-0.4, -0.2) is 76.6 Å². The number of anilines is 1. The van der Waals surface area contributed by atoms with Crippen LogP contribution < -0.4 is 10.2 Å². The summed E-state index contributed by atoms with van der Waals surface area (Å²) in [6.07, 6.45) is 1.83. The number of piperazine rings is 1. The monoisotopic (exact) mass is 442 g/mol. The zero-order valence-electron chi connectivity index (χ0n) is 18.3. The van der Waals surface area contributed by atoms with Crippen LogP contribution in [0.1, 0.15) is 24.1 Å². The van der Waals surface area contributed by atoms with Crippen LogP contribution in [0.3, 0.4) is 0 Å². The number of hydrogen-bond acceptors (Lipinski definition) is 5. The molecule has 170 valence electrons. The van der Waals surface area contributed by atoms with Crippen molar-refractivity contribution in [3.8, 4) is 0 Å². The minimum absolute atomic E-state index is 0.0549. The molecular formula is C22H27FN6O3. The second-order valence-corrected chi connectivity index (χ2v) is 8.24. The fourth-order valence-corrected chi connectivity index (χ4v) is 4.30. The van der Waals surface area contributed by atoms with E-state index < -0.39 is 5.92 Å². The second kappa shape index (κ2) is 8.97. The van der Waals surface area contributed by atoms with Crippen molar-refractivity contribution in [2.24, 2.45) is 7.05 Å². The first-order valence-electron chi connectivity index (χ1n) is 10.7. The van der Waals surface area contributed by atoms with Crippen molar-refractivity contribution in [3.05, 3.63) is 47.5 Å². The van der Waals surface area contributed by atoms with Gasteiger partial charge in [0.1, 0.15) is 11.7 Å². The lowest BCUT2D eigenvalue weighted by atomic mass is 9.94. The molecule has 1 aromatic carbocycles. The summed E-state index contributed by atoms with van der Waals surface area (Å²) in [7, 11) is 1.80. The number of fused-ring (bicyclic) bond motifs is 1. The van der Waals surface area contributed by atoms with Crippen LogP contribution in [-0.2, 0) is 28.0 Å². The Bertz CT molecular complexity index is 1010. The van der Waals surface area contributed by atoms with Crippen LogP contribution in [0, 0.1) is 5.82 Å². The van der Waals surface area contributed by atoms with Gasteiger partial charge in [-0.2, -0.15) is 5.10 Å². The van der Waals surface area contributed by atoms with E-state index in [1.165, 1.54) is 19.1 Å². The Morgan fingerprint density at radius 2 is 1.78 bits per heavy atom. The van der Waals surface area contributed by atoms with Crippen LogP contribution >= 0.6 is 0 Å². The van der Waals surface area contributed by atoms with Crippen LogP contribution in [0.2, 0.25) is 0 Å². The molecule has 1 N–H and O–H groups in total. The second-order valence-electron chi connectivity index (χ2n) is 8.24. The molecule has 0 spiro atoms. The van der Waals surface area contributed by atoms with Gasteiger partial charge in [-0.25, -0.2) is 4.39 Å². The summed E-state index contributed by atoms with van der Waals surface area (Å²) in [5, 5.41) is 7.03. The molecule has 0 aliphatic carbocycles. The molecule has 0 bridgehead atoms. The maximum Gasteiger partial charge on any atom is 0.242 e. The fourth-order valence-electron chi connectivity index (χ4n) is 4.30. The van der Waals surface area contributed by atoms with Crippen molar-refractivity contribution in [3.63, 3.8) is 0 Å². The highest BCUT2D eigenvalue weighted by atomic mass is 19.1. The Morgan fingerprint density at radius 3 is 2.44 bits per heavy atom. The third-order valence-electron chi connectivity index (χ3n) is 5.95. The van der Waals surface area contributed by atoms with E-state index >= 15 is 0 Å². The lowest BCUT2D eigenvalue weighted by Gasteiger charge is -2.39. The summed E-state index contributed by atoms with van der Waals surface area (Å²) in [5.74, 6) is -1.37. The van der Waals surface area contributed by atoms with Gasteiger partial charge < -0.3 is 20.0 Å². The largest absolute Gasteiger partial charge is 0.368 e. The third-order valence-corrected chi connectivity index (χ3v) is 5.95. The Hall–Kier alpha value is -3.43. The molecular weight excluding hydrogens is 415 g/mol. The highest BCUT2D eigenvalue weighted by Gasteiger charge is 2.38. The van der Waals surface area contributed by atoms with E-state index in [-0.39, 0.29) is 36.6 Å². The van der Waals surface area contributed by atoms with Crippen LogP contribution in [0.4, 0.5) is 10.1 Å². The van der Waals surface area contributed by atoms with Gasteiger partial charge in [-0.05, 0) is 24.3 Å². The number of rotatable bonds is 4. The van der Waals surface area contributed by atoms with Crippen LogP contribution in [0.5, 0.6) is 0 Å². The number of amides is 3. The molecule has 1 unspecified atom stereocenters. The van der Waals surface area contributed by atoms with E-state index in [4.69, 9.17) is 0 Å². The predicted octanol–water partition coefficient (Wildman–Crippen LogP) is 0.470. The van der Waals surface area contributed by atoms with E-state index in [1.807, 2.05) is 11.1 Å². The number of aromatic nitrogens is 2. The first-order valence-corrected chi connectivity index (χ1v) is 10.7. The number of aryl methyl sites for hydroxylation is 1. The van der Waals surface area contributed by atoms with Crippen molar-refractivity contribution in [1.29, 1.82) is 0 Å². The van der Waals surface area contributed by atoms with Gasteiger partial charge in [0, 0.05) is 70.7 Å². The minimum Gasteiger partial charge on any atom is -0.368 e. The number of hydrogen-bond donors (Lipinski definition) is 1. The quantitative estimate of drug-likeness (QED) is 0.744. The first kappa shape index (κ1) is 21.8. The van der Waals surface area contributed by atoms with Crippen molar-refractivity contribution in [2.45, 2.75) is 19.4 Å². The molecule has 0 radical (unpaired) electrons. The fraction of sp³-hybridized carbons (Fsp3) is 0.455. The number of halogens is 1. The highest BCUT2D eigenvalue weighted by molar-refractivity contribution is 5.87. The van der Waals surface area contributed by atoms with Gasteiger partial charge in [0.05, 0.1) is 12.2 Å². The van der Waals surface area contributed by atoms with Gasteiger partial charge in [-0.15, -0.1) is 0 Å². The summed E-state index contributed by atoms with van der Waals surface area (Å²) < 4.78 is 14.9. The normalized spacial score (nSPS) is 18.3. The predicted molar refractivity (Wildman–Crippen MR) is 115 cm³/mol. The van der Waals surface area contributed by atoms with Gasteiger partial charge in [0.25, 0.3) is 0 Å². The van der Waals surface area contributed by atoms with Crippen molar-refractivity contribution in [1.82, 2.24) is 24.9 Å². The molecule has 10 heteroatoms. The molecule has 0 saturated carbocycles. The molecule has 3 amide bonds. The van der Waals surface area contributed by atoms with E-state index in [9.17, 15) is 18.8 Å². The van der Waals surface area contributed by atoms with Gasteiger partial charge in [0.15, 0.2) is 0 Å². The molecule has 4 rings (SSSR count). The summed E-state index contributed by atoms with van der Waals surface area (Å²) in [5.41, 5.74) is 2.48. The average Bonchev–Trinajstić information content (AvgIpc) is 3.17. The van der Waals surface area contributed by atoms with Crippen LogP contribution in [0.25, 0.3) is 0 Å². The summed E-state index contributed by atoms with van der Waals surface area (Å²) in [4.78, 5) is 42.8. The Labute approximate surface area is 185 Å². The minimum atomic E-state index is -0.543. The molecule has 1 saturated heterocycles. The maximum absolute atomic E-state index is 13.4. The van der Waals surface area contributed by atoms with Gasteiger partial charge in [-0.3, -0.25) is 19.1 Å². The van der Waals surface area contributed by atoms with Crippen molar-refractivity contribution in [2.75, 3.05) is 44.2 Å². The van der Waals surface area contributed by atoms with Crippen molar-refractivity contribution >= 4 is 23.4 Å². The molecule has 1 fully saturated rings. The molecule has 2 aliphatic rings. The van der Waals surface area contributed by atoms with Crippen LogP contribution in [0.15, 0.2) is 30.5 Å². The maximum atomic E-state index is 13.4. The third kappa shape index (κ3) is 4.58. The lowest BCUT2D eigenvalue weighted by molar-refractivity contribution is -0.138. The number of nitrogens with one attached hydrogen (secondary N) is 1. The summed E-state index contributed by atoms with van der Waals surface area (Å²) >= 11 is 0. The highest BCUT2D eigenvalue weighted by Crippen LogP contribution is 2.29. The molecule has 32 heavy (non-hydrogen) atoms. The van der Waals surface area contributed by atoms with Crippen molar-refractivity contribution < 1.29 is 18.8 Å². The zero-order chi connectivity index (χ0) is 22.8. The van der Waals surface area contributed by atoms with E-state index in [1.54, 1.807) is 28.8 Å². The van der Waals surface area contributed by atoms with E-state index in [0.29, 0.717) is 38.4 Å². The van der Waals surface area contributed by atoms with E-state index in [2.05, 4.69) is 15.3 Å². The van der Waals surface area contributed by atoms with Gasteiger partial charge in [0.2, 0.25) is 17.7 Å². The molecule has 1 atom stereocenters.